The second-order valence-corrected chi connectivity index (χ2v) is 7.46. The number of pyridine rings is 1. The number of nitrogens with zero attached hydrogens (tertiary/aromatic N) is 2. The number of rotatable bonds is 2. The Labute approximate surface area is 157 Å². The molecule has 2 aliphatic heterocycles. The first kappa shape index (κ1) is 17.8. The van der Waals surface area contributed by atoms with Gasteiger partial charge in [0, 0.05) is 43.9 Å². The first-order chi connectivity index (χ1) is 11.1. The molecule has 0 saturated carbocycles. The predicted octanol–water partition coefficient (Wildman–Crippen LogP) is 4.20. The van der Waals surface area contributed by atoms with Crippen molar-refractivity contribution in [3.05, 3.63) is 68.1 Å². The van der Waals surface area contributed by atoms with Gasteiger partial charge in [0.25, 0.3) is 5.56 Å². The third-order valence-corrected chi connectivity index (χ3v) is 5.68. The fraction of sp³-hybridized carbons (Fsp3) is 0.389. The van der Waals surface area contributed by atoms with Crippen molar-refractivity contribution >= 4 is 35.6 Å². The molecule has 0 N–H and O–H groups in total. The predicted molar refractivity (Wildman–Crippen MR) is 101 cm³/mol. The molecule has 3 heterocycles. The van der Waals surface area contributed by atoms with E-state index in [1.54, 1.807) is 6.07 Å². The molecular formula is C18H19Cl3N2O. The van der Waals surface area contributed by atoms with E-state index in [9.17, 15) is 4.79 Å². The standard InChI is InChI=1S/C18H18Cl2N2O.ClH/c19-15-5-4-12(7-16(15)20)8-21-9-13-6-14(11-21)17-2-1-3-18(23)22(17)10-13;/h1-5,7,13-14H,6,8-11H2;1H/t13-,14+;/m0./s1. The van der Waals surface area contributed by atoms with Gasteiger partial charge in [-0.25, -0.2) is 0 Å². The number of likely N-dealkylation sites (tertiary alicyclic amines) is 1. The van der Waals surface area contributed by atoms with Gasteiger partial charge in [0.15, 0.2) is 0 Å². The minimum atomic E-state index is 0. The van der Waals surface area contributed by atoms with Crippen molar-refractivity contribution in [2.75, 3.05) is 13.1 Å². The molecule has 0 unspecified atom stereocenters. The van der Waals surface area contributed by atoms with Gasteiger partial charge in [0.2, 0.25) is 0 Å². The molecule has 1 fully saturated rings. The zero-order chi connectivity index (χ0) is 16.0. The Hall–Kier alpha value is -1.000. The van der Waals surface area contributed by atoms with Gasteiger partial charge in [0.1, 0.15) is 0 Å². The summed E-state index contributed by atoms with van der Waals surface area (Å²) in [6.07, 6.45) is 1.18. The van der Waals surface area contributed by atoms with E-state index in [0.29, 0.717) is 21.9 Å². The van der Waals surface area contributed by atoms with Gasteiger partial charge in [-0.15, -0.1) is 12.4 Å². The Balaban J connectivity index is 0.00000169. The van der Waals surface area contributed by atoms with Crippen molar-refractivity contribution in [1.29, 1.82) is 0 Å². The molecule has 2 atom stereocenters. The maximum Gasteiger partial charge on any atom is 0.250 e. The lowest BCUT2D eigenvalue weighted by molar-refractivity contribution is 0.114. The fourth-order valence-corrected chi connectivity index (χ4v) is 4.34. The van der Waals surface area contributed by atoms with E-state index in [1.807, 2.05) is 28.8 Å². The van der Waals surface area contributed by atoms with Crippen molar-refractivity contribution in [3.8, 4) is 0 Å². The van der Waals surface area contributed by atoms with Crippen LogP contribution in [0, 0.1) is 5.92 Å². The van der Waals surface area contributed by atoms with Crippen LogP contribution in [-0.2, 0) is 13.1 Å². The van der Waals surface area contributed by atoms with Crippen LogP contribution >= 0.6 is 35.6 Å². The van der Waals surface area contributed by atoms with Crippen LogP contribution in [0.1, 0.15) is 23.6 Å². The normalized spacial score (nSPS) is 22.6. The van der Waals surface area contributed by atoms with Gasteiger partial charge < -0.3 is 4.57 Å². The smallest absolute Gasteiger partial charge is 0.250 e. The third-order valence-electron chi connectivity index (χ3n) is 4.95. The lowest BCUT2D eigenvalue weighted by atomic mass is 9.83. The number of halogens is 3. The van der Waals surface area contributed by atoms with Crippen LogP contribution in [0.2, 0.25) is 10.0 Å². The summed E-state index contributed by atoms with van der Waals surface area (Å²) >= 11 is 12.1. The molecule has 1 aromatic heterocycles. The summed E-state index contributed by atoms with van der Waals surface area (Å²) in [4.78, 5) is 14.5. The molecule has 2 aliphatic rings. The molecule has 0 aliphatic carbocycles. The summed E-state index contributed by atoms with van der Waals surface area (Å²) in [5, 5.41) is 1.21. The number of fused-ring (bicyclic) bond motifs is 4. The number of benzene rings is 1. The van der Waals surface area contributed by atoms with E-state index in [1.165, 1.54) is 17.7 Å². The zero-order valence-electron chi connectivity index (χ0n) is 13.1. The Kier molecular flexibility index (Phi) is 5.26. The fourth-order valence-electron chi connectivity index (χ4n) is 4.02. The maximum absolute atomic E-state index is 12.1. The molecule has 0 spiro atoms. The van der Waals surface area contributed by atoms with Crippen molar-refractivity contribution in [2.45, 2.75) is 25.4 Å². The summed E-state index contributed by atoms with van der Waals surface area (Å²) in [5.41, 5.74) is 2.51. The zero-order valence-corrected chi connectivity index (χ0v) is 15.4. The Morgan fingerprint density at radius 1 is 1.04 bits per heavy atom. The average Bonchev–Trinajstić information content (AvgIpc) is 2.52. The van der Waals surface area contributed by atoms with Gasteiger partial charge in [-0.2, -0.15) is 0 Å². The van der Waals surface area contributed by atoms with Crippen molar-refractivity contribution in [3.63, 3.8) is 0 Å². The van der Waals surface area contributed by atoms with Crippen LogP contribution in [0.25, 0.3) is 0 Å². The highest BCUT2D eigenvalue weighted by molar-refractivity contribution is 6.42. The second kappa shape index (κ2) is 7.09. The molecule has 24 heavy (non-hydrogen) atoms. The van der Waals surface area contributed by atoms with Crippen molar-refractivity contribution in [2.24, 2.45) is 5.92 Å². The molecular weight excluding hydrogens is 367 g/mol. The largest absolute Gasteiger partial charge is 0.312 e. The van der Waals surface area contributed by atoms with Crippen LogP contribution in [0.4, 0.5) is 0 Å². The Morgan fingerprint density at radius 2 is 1.88 bits per heavy atom. The second-order valence-electron chi connectivity index (χ2n) is 6.64. The van der Waals surface area contributed by atoms with E-state index >= 15 is 0 Å². The molecule has 3 nitrogen and oxygen atoms in total. The molecule has 1 aromatic carbocycles. The minimum Gasteiger partial charge on any atom is -0.312 e. The van der Waals surface area contributed by atoms with Crippen LogP contribution in [-0.4, -0.2) is 22.6 Å². The number of hydrogen-bond donors (Lipinski definition) is 0. The highest BCUT2D eigenvalue weighted by atomic mass is 35.5. The van der Waals surface area contributed by atoms with E-state index in [2.05, 4.69) is 11.0 Å². The summed E-state index contributed by atoms with van der Waals surface area (Å²) in [6.45, 7) is 3.72. The third kappa shape index (κ3) is 3.36. The Morgan fingerprint density at radius 3 is 2.67 bits per heavy atom. The minimum absolute atomic E-state index is 0. The highest BCUT2D eigenvalue weighted by Gasteiger charge is 2.34. The molecule has 6 heteroatoms. The van der Waals surface area contributed by atoms with Crippen LogP contribution in [0.3, 0.4) is 0 Å². The van der Waals surface area contributed by atoms with Crippen molar-refractivity contribution in [1.82, 2.24) is 9.47 Å². The maximum atomic E-state index is 12.1. The summed E-state index contributed by atoms with van der Waals surface area (Å²) < 4.78 is 1.97. The molecule has 0 radical (unpaired) electrons. The van der Waals surface area contributed by atoms with Gasteiger partial charge in [-0.05, 0) is 36.1 Å². The first-order valence-electron chi connectivity index (χ1n) is 7.96. The van der Waals surface area contributed by atoms with E-state index in [-0.39, 0.29) is 18.0 Å². The first-order valence-corrected chi connectivity index (χ1v) is 8.72. The van der Waals surface area contributed by atoms with Gasteiger partial charge >= 0.3 is 0 Å². The Bertz CT molecular complexity index is 805. The highest BCUT2D eigenvalue weighted by Crippen LogP contribution is 2.35. The van der Waals surface area contributed by atoms with Gasteiger partial charge in [-0.3, -0.25) is 9.69 Å². The summed E-state index contributed by atoms with van der Waals surface area (Å²) in [7, 11) is 0. The SMILES string of the molecule is Cl.O=c1cccc2n1C[C@H]1C[C@@H]2CN(Cc2ccc(Cl)c(Cl)c2)C1. The molecule has 2 aromatic rings. The molecule has 2 bridgehead atoms. The monoisotopic (exact) mass is 384 g/mol. The average molecular weight is 386 g/mol. The van der Waals surface area contributed by atoms with Gasteiger partial charge in [-0.1, -0.05) is 35.3 Å². The van der Waals surface area contributed by atoms with Crippen LogP contribution < -0.4 is 5.56 Å². The van der Waals surface area contributed by atoms with E-state index < -0.39 is 0 Å². The van der Waals surface area contributed by atoms with Crippen molar-refractivity contribution < 1.29 is 0 Å². The quantitative estimate of drug-likeness (QED) is 0.774. The van der Waals surface area contributed by atoms with Crippen LogP contribution in [0.15, 0.2) is 41.2 Å². The number of piperidine rings is 1. The van der Waals surface area contributed by atoms with Gasteiger partial charge in [0.05, 0.1) is 10.0 Å². The summed E-state index contributed by atoms with van der Waals surface area (Å²) in [5.74, 6) is 0.989. The van der Waals surface area contributed by atoms with Crippen LogP contribution in [0.5, 0.6) is 0 Å². The molecule has 0 amide bonds. The number of aromatic nitrogens is 1. The lowest BCUT2D eigenvalue weighted by Gasteiger charge is -2.42. The molecule has 4 rings (SSSR count). The molecule has 1 saturated heterocycles. The van der Waals surface area contributed by atoms with E-state index in [0.717, 1.165) is 26.2 Å². The summed E-state index contributed by atoms with van der Waals surface area (Å²) in [6, 6.07) is 11.5. The topological polar surface area (TPSA) is 25.2 Å². The molecule has 128 valence electrons. The van der Waals surface area contributed by atoms with E-state index in [4.69, 9.17) is 23.2 Å². The number of hydrogen-bond acceptors (Lipinski definition) is 2. The lowest BCUT2D eigenvalue weighted by Crippen LogP contribution is -2.46.